The van der Waals surface area contributed by atoms with Gasteiger partial charge in [0.15, 0.2) is 0 Å². The van der Waals surface area contributed by atoms with Gasteiger partial charge >= 0.3 is 11.9 Å². The molecule has 0 aliphatic carbocycles. The molecule has 9 heteroatoms. The van der Waals surface area contributed by atoms with Crippen LogP contribution in [0.4, 0.5) is 11.4 Å². The fourth-order valence-corrected chi connectivity index (χ4v) is 1.55. The van der Waals surface area contributed by atoms with Crippen LogP contribution in [-0.4, -0.2) is 28.4 Å². The molecule has 0 aromatic heterocycles. The number of hydrazone groups is 1. The second-order valence-electron chi connectivity index (χ2n) is 4.56. The standard InChI is InChI=1S/C12H11N3O6/c1-12(2)20-10(16)9(11(17)21-12)14-13-7-4-3-5-8(6-7)15(18)19/h3-6,13H,1-2H3. The molecule has 1 aromatic carbocycles. The Morgan fingerprint density at radius 2 is 1.86 bits per heavy atom. The highest BCUT2D eigenvalue weighted by molar-refractivity contribution is 6.63. The van der Waals surface area contributed by atoms with Crippen molar-refractivity contribution in [2.45, 2.75) is 19.6 Å². The second-order valence-corrected chi connectivity index (χ2v) is 4.56. The van der Waals surface area contributed by atoms with Crippen LogP contribution in [0.1, 0.15) is 13.8 Å². The molecule has 9 nitrogen and oxygen atoms in total. The van der Waals surface area contributed by atoms with E-state index < -0.39 is 28.4 Å². The minimum absolute atomic E-state index is 0.157. The number of cyclic esters (lactones) is 2. The third kappa shape index (κ3) is 3.32. The van der Waals surface area contributed by atoms with Crippen molar-refractivity contribution < 1.29 is 24.0 Å². The van der Waals surface area contributed by atoms with E-state index in [-0.39, 0.29) is 11.4 Å². The number of hydrogen-bond acceptors (Lipinski definition) is 8. The van der Waals surface area contributed by atoms with Gasteiger partial charge in [-0.1, -0.05) is 6.07 Å². The molecule has 1 saturated heterocycles. The van der Waals surface area contributed by atoms with Gasteiger partial charge in [0.25, 0.3) is 17.2 Å². The number of anilines is 1. The van der Waals surface area contributed by atoms with Crippen molar-refractivity contribution in [1.82, 2.24) is 0 Å². The van der Waals surface area contributed by atoms with E-state index in [0.29, 0.717) is 0 Å². The maximum atomic E-state index is 11.6. The number of carbonyl (C=O) groups is 2. The molecule has 0 unspecified atom stereocenters. The molecule has 0 amide bonds. The van der Waals surface area contributed by atoms with Crippen molar-refractivity contribution in [3.05, 3.63) is 34.4 Å². The van der Waals surface area contributed by atoms with Crippen LogP contribution in [0, 0.1) is 10.1 Å². The van der Waals surface area contributed by atoms with E-state index in [9.17, 15) is 19.7 Å². The Bertz CT molecular complexity index is 630. The third-order valence-corrected chi connectivity index (χ3v) is 2.42. The molecule has 1 aromatic rings. The summed E-state index contributed by atoms with van der Waals surface area (Å²) in [6.45, 7) is 2.82. The predicted octanol–water partition coefficient (Wildman–Crippen LogP) is 1.20. The van der Waals surface area contributed by atoms with E-state index in [2.05, 4.69) is 10.5 Å². The van der Waals surface area contributed by atoms with Gasteiger partial charge in [0, 0.05) is 26.0 Å². The number of nitro benzene ring substituents is 1. The Balaban J connectivity index is 2.18. The Morgan fingerprint density at radius 1 is 1.24 bits per heavy atom. The maximum Gasteiger partial charge on any atom is 0.369 e. The lowest BCUT2D eigenvalue weighted by atomic mass is 10.3. The summed E-state index contributed by atoms with van der Waals surface area (Å²) >= 11 is 0. The quantitative estimate of drug-likeness (QED) is 0.505. The summed E-state index contributed by atoms with van der Waals surface area (Å²) in [4.78, 5) is 33.3. The van der Waals surface area contributed by atoms with E-state index in [1.165, 1.54) is 38.1 Å². The number of nitro groups is 1. The molecule has 0 radical (unpaired) electrons. The van der Waals surface area contributed by atoms with Crippen molar-refractivity contribution in [2.24, 2.45) is 5.10 Å². The van der Waals surface area contributed by atoms with E-state index in [0.717, 1.165) is 0 Å². The highest BCUT2D eigenvalue weighted by Crippen LogP contribution is 2.19. The van der Waals surface area contributed by atoms with E-state index in [4.69, 9.17) is 9.47 Å². The molecule has 0 spiro atoms. The number of nitrogens with one attached hydrogen (secondary N) is 1. The summed E-state index contributed by atoms with van der Waals surface area (Å²) in [5.74, 6) is -3.22. The minimum atomic E-state index is -1.35. The fourth-order valence-electron chi connectivity index (χ4n) is 1.55. The van der Waals surface area contributed by atoms with E-state index in [1.807, 2.05) is 0 Å². The molecule has 21 heavy (non-hydrogen) atoms. The average molecular weight is 293 g/mol. The van der Waals surface area contributed by atoms with Crippen LogP contribution in [0.25, 0.3) is 0 Å². The Kier molecular flexibility index (Phi) is 3.57. The van der Waals surface area contributed by atoms with Crippen LogP contribution in [0.2, 0.25) is 0 Å². The summed E-state index contributed by atoms with van der Waals surface area (Å²) < 4.78 is 9.69. The van der Waals surface area contributed by atoms with Gasteiger partial charge < -0.3 is 9.47 Å². The van der Waals surface area contributed by atoms with Crippen LogP contribution in [-0.2, 0) is 19.1 Å². The normalized spacial score (nSPS) is 16.8. The minimum Gasteiger partial charge on any atom is -0.418 e. The van der Waals surface area contributed by atoms with Crippen LogP contribution < -0.4 is 5.43 Å². The molecular formula is C12H11N3O6. The lowest BCUT2D eigenvalue weighted by Crippen LogP contribution is -2.47. The summed E-state index contributed by atoms with van der Waals surface area (Å²) in [5.41, 5.74) is 1.89. The zero-order chi connectivity index (χ0) is 15.6. The predicted molar refractivity (Wildman–Crippen MR) is 70.4 cm³/mol. The Labute approximate surface area is 118 Å². The van der Waals surface area contributed by atoms with Gasteiger partial charge in [-0.25, -0.2) is 9.59 Å². The summed E-state index contributed by atoms with van der Waals surface area (Å²) in [6, 6.07) is 5.42. The van der Waals surface area contributed by atoms with Crippen molar-refractivity contribution in [2.75, 3.05) is 5.43 Å². The molecular weight excluding hydrogens is 282 g/mol. The smallest absolute Gasteiger partial charge is 0.369 e. The molecule has 1 aliphatic heterocycles. The van der Waals surface area contributed by atoms with Crippen molar-refractivity contribution >= 4 is 29.0 Å². The number of non-ortho nitro benzene ring substituents is 1. The third-order valence-electron chi connectivity index (χ3n) is 2.42. The molecule has 0 bridgehead atoms. The van der Waals surface area contributed by atoms with Crippen LogP contribution >= 0.6 is 0 Å². The molecule has 0 atom stereocenters. The van der Waals surface area contributed by atoms with Gasteiger partial charge in [-0.05, 0) is 6.07 Å². The van der Waals surface area contributed by atoms with Gasteiger partial charge in [0.2, 0.25) is 0 Å². The number of hydrogen-bond donors (Lipinski definition) is 1. The molecule has 1 aliphatic rings. The summed E-state index contributed by atoms with van der Waals surface area (Å²) in [5, 5.41) is 14.2. The van der Waals surface area contributed by atoms with Crippen molar-refractivity contribution in [3.63, 3.8) is 0 Å². The van der Waals surface area contributed by atoms with E-state index >= 15 is 0 Å². The highest BCUT2D eigenvalue weighted by atomic mass is 16.7. The van der Waals surface area contributed by atoms with Gasteiger partial charge in [-0.15, -0.1) is 0 Å². The monoisotopic (exact) mass is 293 g/mol. The maximum absolute atomic E-state index is 11.6. The Morgan fingerprint density at radius 3 is 2.43 bits per heavy atom. The molecule has 2 rings (SSSR count). The first-order chi connectivity index (χ1) is 9.78. The molecule has 1 heterocycles. The molecule has 1 N–H and O–H groups in total. The Hall–Kier alpha value is -2.97. The first-order valence-corrected chi connectivity index (χ1v) is 5.83. The lowest BCUT2D eigenvalue weighted by molar-refractivity contribution is -0.384. The van der Waals surface area contributed by atoms with Gasteiger partial charge in [0.1, 0.15) is 0 Å². The highest BCUT2D eigenvalue weighted by Gasteiger charge is 2.40. The van der Waals surface area contributed by atoms with Crippen molar-refractivity contribution in [3.8, 4) is 0 Å². The number of nitrogens with zero attached hydrogens (tertiary/aromatic N) is 2. The van der Waals surface area contributed by atoms with Crippen LogP contribution in [0.3, 0.4) is 0 Å². The zero-order valence-electron chi connectivity index (χ0n) is 11.2. The second kappa shape index (κ2) is 5.19. The van der Waals surface area contributed by atoms with Crippen LogP contribution in [0.5, 0.6) is 0 Å². The largest absolute Gasteiger partial charge is 0.418 e. The topological polar surface area (TPSA) is 120 Å². The van der Waals surface area contributed by atoms with Crippen LogP contribution in [0.15, 0.2) is 29.4 Å². The molecule has 0 saturated carbocycles. The first-order valence-electron chi connectivity index (χ1n) is 5.83. The van der Waals surface area contributed by atoms with Gasteiger partial charge in [-0.3, -0.25) is 15.5 Å². The van der Waals surface area contributed by atoms with Gasteiger partial charge in [0.05, 0.1) is 10.6 Å². The number of rotatable bonds is 3. The molecule has 1 fully saturated rings. The van der Waals surface area contributed by atoms with E-state index in [1.54, 1.807) is 0 Å². The number of carbonyl (C=O) groups excluding carboxylic acids is 2. The summed E-state index contributed by atoms with van der Waals surface area (Å²) in [6.07, 6.45) is 0. The first kappa shape index (κ1) is 14.4. The number of benzene rings is 1. The SMILES string of the molecule is CC1(C)OC(=O)C(=NNc2cccc([N+](=O)[O-])c2)C(=O)O1. The average Bonchev–Trinajstić information content (AvgIpc) is 2.36. The number of esters is 2. The van der Waals surface area contributed by atoms with Gasteiger partial charge in [-0.2, -0.15) is 5.10 Å². The lowest BCUT2D eigenvalue weighted by Gasteiger charge is -2.28. The fraction of sp³-hybridized carbons (Fsp3) is 0.250. The zero-order valence-corrected chi connectivity index (χ0v) is 11.2. The summed E-state index contributed by atoms with van der Waals surface area (Å²) in [7, 11) is 0. The molecule has 110 valence electrons. The number of ether oxygens (including phenoxy) is 2. The van der Waals surface area contributed by atoms with Crippen molar-refractivity contribution in [1.29, 1.82) is 0 Å².